The zero-order valence-electron chi connectivity index (χ0n) is 19.8. The van der Waals surface area contributed by atoms with E-state index >= 15 is 0 Å². The first-order chi connectivity index (χ1) is 17.3. The average molecular weight is 576 g/mol. The average Bonchev–Trinajstić information content (AvgIpc) is 3.27. The number of anilines is 1. The third-order valence-corrected chi connectivity index (χ3v) is 6.65. The molecule has 200 valence electrons. The molecule has 2 atom stereocenters. The van der Waals surface area contributed by atoms with Crippen LogP contribution in [-0.4, -0.2) is 61.0 Å². The van der Waals surface area contributed by atoms with Crippen molar-refractivity contribution in [1.29, 1.82) is 0 Å². The van der Waals surface area contributed by atoms with Crippen molar-refractivity contribution in [2.75, 3.05) is 11.9 Å². The van der Waals surface area contributed by atoms with Gasteiger partial charge in [0.1, 0.15) is 22.4 Å². The Morgan fingerprint density at radius 3 is 2.51 bits per heavy atom. The van der Waals surface area contributed by atoms with E-state index in [1.807, 2.05) is 31.3 Å². The normalized spacial score (nSPS) is 13.3. The Balaban J connectivity index is 1.76. The number of carboxylic acid groups (broad SMARTS) is 1. The molecule has 0 aliphatic rings. The number of halogens is 2. The number of hydrogen-bond donors (Lipinski definition) is 5. The molecule has 0 radical (unpaired) electrons. The summed E-state index contributed by atoms with van der Waals surface area (Å²) in [6.07, 6.45) is -1.14. The Bertz CT molecular complexity index is 1290. The topological polar surface area (TPSA) is 176 Å². The van der Waals surface area contributed by atoms with Crippen LogP contribution in [0.3, 0.4) is 0 Å². The number of pyridine rings is 1. The summed E-state index contributed by atoms with van der Waals surface area (Å²) >= 11 is 7.53. The Morgan fingerprint density at radius 2 is 1.92 bits per heavy atom. The highest BCUT2D eigenvalue weighted by Crippen LogP contribution is 2.39. The third kappa shape index (κ3) is 8.32. The summed E-state index contributed by atoms with van der Waals surface area (Å²) in [7, 11) is -4.90. The molecule has 0 aliphatic carbocycles. The van der Waals surface area contributed by atoms with Crippen molar-refractivity contribution in [2.24, 2.45) is 0 Å². The van der Waals surface area contributed by atoms with E-state index in [1.165, 1.54) is 24.3 Å². The van der Waals surface area contributed by atoms with E-state index in [2.05, 4.69) is 25.0 Å². The highest BCUT2D eigenvalue weighted by molar-refractivity contribution is 7.46. The largest absolute Gasteiger partial charge is 0.488 e. The van der Waals surface area contributed by atoms with Gasteiger partial charge in [-0.2, -0.15) is 0 Å². The first-order valence-electron chi connectivity index (χ1n) is 10.7. The van der Waals surface area contributed by atoms with Crippen LogP contribution in [0.1, 0.15) is 20.8 Å². The summed E-state index contributed by atoms with van der Waals surface area (Å²) in [5, 5.41) is 23.4. The number of carbonyl (C=O) groups is 1. The standard InChI is InChI=1S/C21H24ClFN5O7PS/c1-10(2)25-18-5-4-12(8-24-18)19-27-28-20(37-19)13-6-15(23)17(7-14(13)22)34-9-16(26-21(29)30)11(3)35-36(31,32)33/h4-8,10-11,16,26H,9H2,1-3H3,(H,24,25)(H,29,30)(H2,31,32,33)/t11-,16+/m0/s1. The Kier molecular flexibility index (Phi) is 9.40. The maximum Gasteiger partial charge on any atom is 0.469 e. The van der Waals surface area contributed by atoms with E-state index < -0.39 is 38.5 Å². The van der Waals surface area contributed by atoms with Crippen molar-refractivity contribution in [1.82, 2.24) is 20.5 Å². The Labute approximate surface area is 220 Å². The van der Waals surface area contributed by atoms with E-state index in [0.29, 0.717) is 15.8 Å². The molecular weight excluding hydrogens is 552 g/mol. The van der Waals surface area contributed by atoms with Crippen molar-refractivity contribution in [3.8, 4) is 26.9 Å². The molecule has 0 saturated carbocycles. The van der Waals surface area contributed by atoms with Crippen molar-refractivity contribution in [3.63, 3.8) is 0 Å². The van der Waals surface area contributed by atoms with Gasteiger partial charge in [-0.15, -0.1) is 10.2 Å². The van der Waals surface area contributed by atoms with Crippen LogP contribution in [0.25, 0.3) is 21.1 Å². The molecule has 0 saturated heterocycles. The fourth-order valence-corrected chi connectivity index (χ4v) is 4.82. The first-order valence-corrected chi connectivity index (χ1v) is 13.5. The first kappa shape index (κ1) is 28.7. The van der Waals surface area contributed by atoms with Crippen LogP contribution >= 0.6 is 30.8 Å². The lowest BCUT2D eigenvalue weighted by Gasteiger charge is -2.24. The number of ether oxygens (including phenoxy) is 1. The molecule has 0 fully saturated rings. The molecule has 3 aromatic rings. The minimum atomic E-state index is -4.90. The Morgan fingerprint density at radius 1 is 1.22 bits per heavy atom. The number of nitrogens with one attached hydrogen (secondary N) is 2. The van der Waals surface area contributed by atoms with E-state index in [9.17, 15) is 13.8 Å². The lowest BCUT2D eigenvalue weighted by atomic mass is 10.2. The van der Waals surface area contributed by atoms with Gasteiger partial charge in [-0.1, -0.05) is 22.9 Å². The van der Waals surface area contributed by atoms with Gasteiger partial charge in [0, 0.05) is 29.4 Å². The molecule has 1 aromatic carbocycles. The number of phosphoric ester groups is 1. The third-order valence-electron chi connectivity index (χ3n) is 4.72. The van der Waals surface area contributed by atoms with Gasteiger partial charge in [-0.05, 0) is 39.0 Å². The Hall–Kier alpha value is -2.87. The van der Waals surface area contributed by atoms with E-state index in [1.54, 1.807) is 6.20 Å². The van der Waals surface area contributed by atoms with Gasteiger partial charge in [0.05, 0.1) is 17.2 Å². The molecule has 37 heavy (non-hydrogen) atoms. The minimum absolute atomic E-state index is 0.0935. The number of rotatable bonds is 11. The summed E-state index contributed by atoms with van der Waals surface area (Å²) in [6.45, 7) is 4.72. The van der Waals surface area contributed by atoms with Crippen LogP contribution < -0.4 is 15.4 Å². The summed E-state index contributed by atoms with van der Waals surface area (Å²) in [5.74, 6) is -0.413. The second-order valence-corrected chi connectivity index (χ2v) is 10.7. The van der Waals surface area contributed by atoms with Gasteiger partial charge in [0.25, 0.3) is 0 Å². The maximum absolute atomic E-state index is 14.8. The maximum atomic E-state index is 14.8. The molecule has 1 amide bonds. The van der Waals surface area contributed by atoms with Crippen LogP contribution in [0, 0.1) is 5.82 Å². The SMILES string of the molecule is CC(C)Nc1ccc(-c2nnc(-c3cc(F)c(OC[C@@H](NC(=O)O)[C@H](C)OP(=O)(O)O)cc3Cl)s2)cn1. The predicted octanol–water partition coefficient (Wildman–Crippen LogP) is 4.39. The number of benzene rings is 1. The highest BCUT2D eigenvalue weighted by atomic mass is 35.5. The molecule has 12 nitrogen and oxygen atoms in total. The predicted molar refractivity (Wildman–Crippen MR) is 135 cm³/mol. The number of amides is 1. The molecule has 2 heterocycles. The zero-order chi connectivity index (χ0) is 27.3. The van der Waals surface area contributed by atoms with Crippen LogP contribution in [0.5, 0.6) is 5.75 Å². The van der Waals surface area contributed by atoms with Gasteiger partial charge < -0.3 is 30.3 Å². The number of nitrogens with zero attached hydrogens (tertiary/aromatic N) is 3. The van der Waals surface area contributed by atoms with Crippen molar-refractivity contribution in [2.45, 2.75) is 39.0 Å². The minimum Gasteiger partial charge on any atom is -0.488 e. The summed E-state index contributed by atoms with van der Waals surface area (Å²) in [4.78, 5) is 33.3. The van der Waals surface area contributed by atoms with Crippen LogP contribution in [0.4, 0.5) is 15.0 Å². The molecule has 0 aliphatic heterocycles. The summed E-state index contributed by atoms with van der Waals surface area (Å²) in [5.41, 5.74) is 0.984. The van der Waals surface area contributed by atoms with E-state index in [-0.39, 0.29) is 22.4 Å². The number of phosphoric acid groups is 1. The van der Waals surface area contributed by atoms with E-state index in [4.69, 9.17) is 31.2 Å². The van der Waals surface area contributed by atoms with Crippen LogP contribution in [0.2, 0.25) is 5.02 Å². The monoisotopic (exact) mass is 575 g/mol. The molecule has 3 rings (SSSR count). The second kappa shape index (κ2) is 12.1. The number of hydrogen-bond acceptors (Lipinski definition) is 9. The van der Waals surface area contributed by atoms with Gasteiger partial charge in [0.2, 0.25) is 0 Å². The van der Waals surface area contributed by atoms with Gasteiger partial charge in [-0.3, -0.25) is 4.52 Å². The molecule has 2 aromatic heterocycles. The fourth-order valence-electron chi connectivity index (χ4n) is 3.08. The second-order valence-electron chi connectivity index (χ2n) is 8.07. The molecule has 0 unspecified atom stereocenters. The van der Waals surface area contributed by atoms with Crippen LogP contribution in [0.15, 0.2) is 30.5 Å². The molecule has 5 N–H and O–H groups in total. The van der Waals surface area contributed by atoms with Gasteiger partial charge in [0.15, 0.2) is 11.6 Å². The van der Waals surface area contributed by atoms with Crippen molar-refractivity contribution < 1.29 is 37.9 Å². The molecule has 16 heteroatoms. The van der Waals surface area contributed by atoms with Gasteiger partial charge >= 0.3 is 13.9 Å². The molecule has 0 spiro atoms. The fraction of sp³-hybridized carbons (Fsp3) is 0.333. The van der Waals surface area contributed by atoms with Crippen LogP contribution in [-0.2, 0) is 9.09 Å². The summed E-state index contributed by atoms with van der Waals surface area (Å²) in [6, 6.07) is 4.93. The number of aromatic nitrogens is 3. The summed E-state index contributed by atoms with van der Waals surface area (Å²) < 4.78 is 35.8. The molecular formula is C21H24ClFN5O7PS. The highest BCUT2D eigenvalue weighted by Gasteiger charge is 2.28. The lowest BCUT2D eigenvalue weighted by molar-refractivity contribution is 0.0895. The quantitative estimate of drug-likeness (QED) is 0.205. The zero-order valence-corrected chi connectivity index (χ0v) is 22.2. The van der Waals surface area contributed by atoms with Crippen molar-refractivity contribution >= 4 is 42.7 Å². The van der Waals surface area contributed by atoms with Gasteiger partial charge in [-0.25, -0.2) is 18.7 Å². The lowest BCUT2D eigenvalue weighted by Crippen LogP contribution is -2.46. The smallest absolute Gasteiger partial charge is 0.469 e. The molecule has 0 bridgehead atoms. The van der Waals surface area contributed by atoms with Crippen molar-refractivity contribution in [3.05, 3.63) is 41.3 Å². The van der Waals surface area contributed by atoms with E-state index in [0.717, 1.165) is 11.6 Å².